The molecular weight excluding hydrogens is 114 g/mol. The summed E-state index contributed by atoms with van der Waals surface area (Å²) < 4.78 is 10.3. The fourth-order valence-corrected chi connectivity index (χ4v) is 0. The summed E-state index contributed by atoms with van der Waals surface area (Å²) >= 11 is 0. The Bertz CT molecular complexity index is 7.61. The van der Waals surface area contributed by atoms with Crippen molar-refractivity contribution in [3.63, 3.8) is 0 Å². The lowest BCUT2D eigenvalue weighted by Gasteiger charge is -1.45. The molecule has 0 aromatic rings. The van der Waals surface area contributed by atoms with Crippen LogP contribution in [-0.2, 0) is 0 Å². The number of rotatable bonds is 0. The van der Waals surface area contributed by atoms with E-state index in [-0.39, 0.29) is 31.5 Å². The van der Waals surface area contributed by atoms with Crippen molar-refractivity contribution < 1.29 is 4.39 Å². The first-order chi connectivity index (χ1) is 1.41. The monoisotopic (exact) mass is 120 g/mol. The maximum Gasteiger partial charge on any atom is 0.0866 e. The van der Waals surface area contributed by atoms with E-state index in [4.69, 9.17) is 0 Å². The van der Waals surface area contributed by atoms with Gasteiger partial charge in [-0.1, -0.05) is 0 Å². The Morgan fingerprint density at radius 1 is 1.40 bits per heavy atom. The lowest BCUT2D eigenvalue weighted by Crippen LogP contribution is -1.40. The number of alkyl halides is 1. The van der Waals surface area contributed by atoms with Crippen molar-refractivity contribution in [3.8, 4) is 0 Å². The first-order valence-electron chi connectivity index (χ1n) is 0.974. The molecule has 0 aliphatic carbocycles. The molecule has 0 saturated carbocycles. The smallest absolute Gasteiger partial charge is 0.0866 e. The van der Waals surface area contributed by atoms with Crippen molar-refractivity contribution in [1.29, 1.82) is 0 Å². The quantitative estimate of drug-likeness (QED) is 0.458. The van der Waals surface area contributed by atoms with Crippen LogP contribution in [0.2, 0.25) is 0 Å². The molecule has 0 N–H and O–H groups in total. The molecular formula is C2H7Cl2F. The minimum Gasteiger partial charge on any atom is -0.251 e. The fraction of sp³-hybridized carbons (Fsp3) is 1.00. The zero-order valence-electron chi connectivity index (χ0n) is 2.90. The summed E-state index contributed by atoms with van der Waals surface area (Å²) in [5.74, 6) is 0. The Balaban J connectivity index is -0.0000000200. The SMILES string of the molecule is CCF.Cl.Cl. The third kappa shape index (κ3) is 109. The average molecular weight is 121 g/mol. The van der Waals surface area contributed by atoms with Gasteiger partial charge in [0, 0.05) is 0 Å². The Morgan fingerprint density at radius 2 is 1.40 bits per heavy atom. The molecule has 0 amide bonds. The van der Waals surface area contributed by atoms with Gasteiger partial charge in [0.1, 0.15) is 0 Å². The number of hydrogen-bond acceptors (Lipinski definition) is 0. The van der Waals surface area contributed by atoms with Crippen molar-refractivity contribution in [2.75, 3.05) is 6.67 Å². The van der Waals surface area contributed by atoms with Gasteiger partial charge in [0.25, 0.3) is 0 Å². The van der Waals surface area contributed by atoms with Crippen LogP contribution in [0.15, 0.2) is 0 Å². The van der Waals surface area contributed by atoms with E-state index in [9.17, 15) is 4.39 Å². The van der Waals surface area contributed by atoms with E-state index < -0.39 is 0 Å². The van der Waals surface area contributed by atoms with Crippen LogP contribution in [0.25, 0.3) is 0 Å². The molecule has 0 aliphatic heterocycles. The molecule has 0 atom stereocenters. The maximum atomic E-state index is 10.3. The lowest BCUT2D eigenvalue weighted by atomic mass is 10.9. The molecule has 0 saturated heterocycles. The summed E-state index contributed by atoms with van der Waals surface area (Å²) in [5, 5.41) is 0. The summed E-state index contributed by atoms with van der Waals surface area (Å²) in [7, 11) is 0. The maximum absolute atomic E-state index is 10.3. The standard InChI is InChI=1S/C2H5F.2ClH/c1-2-3;;/h2H2,1H3;2*1H. The highest BCUT2D eigenvalue weighted by Gasteiger charge is 1.39. The van der Waals surface area contributed by atoms with E-state index in [0.717, 1.165) is 0 Å². The second-order valence-electron chi connectivity index (χ2n) is 0.267. The third-order valence-electron chi connectivity index (χ3n) is 0. The summed E-state index contributed by atoms with van der Waals surface area (Å²) in [4.78, 5) is 0. The zero-order chi connectivity index (χ0) is 2.71. The Kier molecular flexibility index (Phi) is 86.7. The first-order valence-corrected chi connectivity index (χ1v) is 0.974. The predicted octanol–water partition coefficient (Wildman–Crippen LogP) is 1.82. The zero-order valence-corrected chi connectivity index (χ0v) is 4.53. The first kappa shape index (κ1) is 17.8. The molecule has 0 heterocycles. The minimum absolute atomic E-state index is 0. The van der Waals surface area contributed by atoms with Gasteiger partial charge in [0.15, 0.2) is 0 Å². The van der Waals surface area contributed by atoms with Crippen LogP contribution in [0, 0.1) is 0 Å². The highest BCUT2D eigenvalue weighted by Crippen LogP contribution is 1.48. The molecule has 0 rings (SSSR count). The summed E-state index contributed by atoms with van der Waals surface area (Å²) in [6.07, 6.45) is 0. The van der Waals surface area contributed by atoms with Gasteiger partial charge in [-0.25, -0.2) is 0 Å². The molecule has 3 heteroatoms. The summed E-state index contributed by atoms with van der Waals surface area (Å²) in [6.45, 7) is 1.21. The van der Waals surface area contributed by atoms with Gasteiger partial charge in [-0.3, -0.25) is 4.39 Å². The largest absolute Gasteiger partial charge is 0.251 e. The molecule has 0 aromatic heterocycles. The topological polar surface area (TPSA) is 0 Å². The van der Waals surface area contributed by atoms with E-state index in [1.807, 2.05) is 0 Å². The van der Waals surface area contributed by atoms with Gasteiger partial charge in [-0.05, 0) is 6.92 Å². The molecule has 0 aromatic carbocycles. The Labute approximate surface area is 43.6 Å². The molecule has 0 bridgehead atoms. The van der Waals surface area contributed by atoms with Crippen molar-refractivity contribution in [2.24, 2.45) is 0 Å². The second kappa shape index (κ2) is 24.4. The minimum atomic E-state index is -0.250. The fourth-order valence-electron chi connectivity index (χ4n) is 0. The summed E-state index contributed by atoms with van der Waals surface area (Å²) in [5.41, 5.74) is 0. The van der Waals surface area contributed by atoms with Gasteiger partial charge in [0.2, 0.25) is 0 Å². The van der Waals surface area contributed by atoms with E-state index in [1.54, 1.807) is 0 Å². The van der Waals surface area contributed by atoms with E-state index >= 15 is 0 Å². The Morgan fingerprint density at radius 3 is 1.40 bits per heavy atom. The average Bonchev–Trinajstić information content (AvgIpc) is 0.918. The van der Waals surface area contributed by atoms with Crippen LogP contribution >= 0.6 is 24.8 Å². The molecule has 5 heavy (non-hydrogen) atoms. The van der Waals surface area contributed by atoms with E-state index in [1.165, 1.54) is 6.92 Å². The molecule has 0 nitrogen and oxygen atoms in total. The van der Waals surface area contributed by atoms with Crippen LogP contribution < -0.4 is 0 Å². The predicted molar refractivity (Wildman–Crippen MR) is 26.1 cm³/mol. The molecule has 0 aliphatic rings. The summed E-state index contributed by atoms with van der Waals surface area (Å²) in [6, 6.07) is 0. The molecule has 0 unspecified atom stereocenters. The van der Waals surface area contributed by atoms with E-state index in [2.05, 4.69) is 0 Å². The van der Waals surface area contributed by atoms with Crippen LogP contribution in [0.3, 0.4) is 0 Å². The Hall–Kier alpha value is 0.510. The highest BCUT2D eigenvalue weighted by atomic mass is 35.5. The third-order valence-corrected chi connectivity index (χ3v) is 0. The number of hydrogen-bond donors (Lipinski definition) is 0. The molecule has 0 fully saturated rings. The van der Waals surface area contributed by atoms with Crippen LogP contribution in [0.4, 0.5) is 4.39 Å². The van der Waals surface area contributed by atoms with Gasteiger partial charge in [-0.15, -0.1) is 24.8 Å². The van der Waals surface area contributed by atoms with Gasteiger partial charge in [0.05, 0.1) is 6.67 Å². The van der Waals surface area contributed by atoms with Crippen molar-refractivity contribution in [1.82, 2.24) is 0 Å². The van der Waals surface area contributed by atoms with Crippen LogP contribution in [0.5, 0.6) is 0 Å². The van der Waals surface area contributed by atoms with Gasteiger partial charge in [-0.2, -0.15) is 0 Å². The van der Waals surface area contributed by atoms with Crippen LogP contribution in [-0.4, -0.2) is 6.67 Å². The van der Waals surface area contributed by atoms with Crippen molar-refractivity contribution in [3.05, 3.63) is 0 Å². The van der Waals surface area contributed by atoms with Gasteiger partial charge < -0.3 is 0 Å². The number of halogens is 3. The van der Waals surface area contributed by atoms with Crippen molar-refractivity contribution >= 4 is 24.8 Å². The van der Waals surface area contributed by atoms with Crippen LogP contribution in [0.1, 0.15) is 6.92 Å². The van der Waals surface area contributed by atoms with Gasteiger partial charge >= 0.3 is 0 Å². The lowest BCUT2D eigenvalue weighted by molar-refractivity contribution is 0.527. The second-order valence-corrected chi connectivity index (χ2v) is 0.267. The van der Waals surface area contributed by atoms with Crippen molar-refractivity contribution in [2.45, 2.75) is 6.92 Å². The molecule has 0 radical (unpaired) electrons. The highest BCUT2D eigenvalue weighted by molar-refractivity contribution is 5.85. The van der Waals surface area contributed by atoms with E-state index in [0.29, 0.717) is 0 Å². The normalized spacial score (nSPS) is 3.60. The molecule has 0 spiro atoms. The molecule has 36 valence electrons.